The fourth-order valence-corrected chi connectivity index (χ4v) is 4.60. The molecule has 1 unspecified atom stereocenters. The van der Waals surface area contributed by atoms with Crippen LogP contribution in [-0.2, 0) is 9.53 Å². The van der Waals surface area contributed by atoms with E-state index in [0.717, 1.165) is 36.9 Å². The summed E-state index contributed by atoms with van der Waals surface area (Å²) in [5, 5.41) is 10.1. The van der Waals surface area contributed by atoms with Crippen molar-refractivity contribution in [1.82, 2.24) is 4.57 Å². The van der Waals surface area contributed by atoms with Gasteiger partial charge in [0.1, 0.15) is 0 Å². The second-order valence-corrected chi connectivity index (χ2v) is 9.28. The lowest BCUT2D eigenvalue weighted by Crippen LogP contribution is -2.34. The Labute approximate surface area is 178 Å². The maximum absolute atomic E-state index is 13.5. The minimum atomic E-state index is -1.19. The minimum absolute atomic E-state index is 0.121. The van der Waals surface area contributed by atoms with Crippen LogP contribution in [0.2, 0.25) is 0 Å². The van der Waals surface area contributed by atoms with Gasteiger partial charge >= 0.3 is 5.97 Å². The summed E-state index contributed by atoms with van der Waals surface area (Å²) < 4.78 is 8.11. The van der Waals surface area contributed by atoms with Crippen molar-refractivity contribution in [2.24, 2.45) is 0 Å². The molecule has 1 fully saturated rings. The molecule has 0 saturated heterocycles. The van der Waals surface area contributed by atoms with Crippen molar-refractivity contribution in [3.8, 4) is 11.1 Å². The molecule has 0 amide bonds. The topological polar surface area (TPSA) is 68.5 Å². The van der Waals surface area contributed by atoms with E-state index in [1.807, 2.05) is 58.0 Å². The Morgan fingerprint density at radius 2 is 1.70 bits per heavy atom. The lowest BCUT2D eigenvalue weighted by molar-refractivity contribution is -0.161. The van der Waals surface area contributed by atoms with Gasteiger partial charge in [-0.25, -0.2) is 4.79 Å². The highest BCUT2D eigenvalue weighted by atomic mass is 16.5. The molecule has 162 valence electrons. The largest absolute Gasteiger partial charge is 0.479 e. The maximum atomic E-state index is 13.5. The van der Waals surface area contributed by atoms with Crippen molar-refractivity contribution in [2.45, 2.75) is 84.5 Å². The number of aromatic nitrogens is 1. The number of rotatable bonds is 5. The second-order valence-electron chi connectivity index (χ2n) is 9.28. The number of carbonyl (C=O) groups is 1. The van der Waals surface area contributed by atoms with Gasteiger partial charge in [0.2, 0.25) is 0 Å². The molecule has 30 heavy (non-hydrogen) atoms. The predicted octanol–water partition coefficient (Wildman–Crippen LogP) is 5.58. The van der Waals surface area contributed by atoms with E-state index in [9.17, 15) is 14.7 Å². The molecule has 1 aromatic heterocycles. The average Bonchev–Trinajstić information content (AvgIpc) is 2.70. The monoisotopic (exact) mass is 411 g/mol. The Hall–Kier alpha value is -2.40. The molecule has 0 aliphatic heterocycles. The van der Waals surface area contributed by atoms with Gasteiger partial charge in [0.25, 0.3) is 0 Å². The lowest BCUT2D eigenvalue weighted by Gasteiger charge is -2.35. The summed E-state index contributed by atoms with van der Waals surface area (Å²) in [6.07, 6.45) is 4.17. The van der Waals surface area contributed by atoms with E-state index in [0.29, 0.717) is 16.8 Å². The molecule has 1 aliphatic rings. The van der Waals surface area contributed by atoms with Crippen molar-refractivity contribution < 1.29 is 14.6 Å². The number of ether oxygens (including phenoxy) is 1. The summed E-state index contributed by atoms with van der Waals surface area (Å²) in [6.45, 7) is 9.20. The highest BCUT2D eigenvalue weighted by molar-refractivity contribution is 5.76. The van der Waals surface area contributed by atoms with Crippen molar-refractivity contribution in [2.75, 3.05) is 0 Å². The summed E-state index contributed by atoms with van der Waals surface area (Å²) in [4.78, 5) is 25.8. The molecule has 1 heterocycles. The summed E-state index contributed by atoms with van der Waals surface area (Å²) >= 11 is 0. The van der Waals surface area contributed by atoms with E-state index in [-0.39, 0.29) is 11.5 Å². The van der Waals surface area contributed by atoms with Crippen LogP contribution in [0.4, 0.5) is 0 Å². The first-order valence-electron chi connectivity index (χ1n) is 10.8. The molecule has 0 bridgehead atoms. The molecule has 1 aliphatic carbocycles. The summed E-state index contributed by atoms with van der Waals surface area (Å²) in [7, 11) is 0. The Bertz CT molecular complexity index is 963. The Balaban J connectivity index is 2.33. The van der Waals surface area contributed by atoms with Gasteiger partial charge in [-0.05, 0) is 53.0 Å². The van der Waals surface area contributed by atoms with Crippen LogP contribution in [-0.4, -0.2) is 21.2 Å². The zero-order valence-electron chi connectivity index (χ0n) is 18.7. The van der Waals surface area contributed by atoms with E-state index in [1.54, 1.807) is 6.92 Å². The van der Waals surface area contributed by atoms with Gasteiger partial charge in [-0.1, -0.05) is 49.6 Å². The predicted molar refractivity (Wildman–Crippen MR) is 119 cm³/mol. The number of carboxylic acid groups (broad SMARTS) is 1. The van der Waals surface area contributed by atoms with E-state index in [2.05, 4.69) is 4.57 Å². The zero-order valence-corrected chi connectivity index (χ0v) is 18.7. The molecule has 2 aromatic rings. The number of carboxylic acids is 1. The molecular formula is C25H33NO4. The number of benzene rings is 1. The minimum Gasteiger partial charge on any atom is -0.479 e. The quantitative estimate of drug-likeness (QED) is 0.697. The second kappa shape index (κ2) is 8.76. The van der Waals surface area contributed by atoms with Crippen LogP contribution in [0.15, 0.2) is 35.1 Å². The molecule has 1 saturated carbocycles. The van der Waals surface area contributed by atoms with Crippen molar-refractivity contribution in [3.05, 3.63) is 57.5 Å². The van der Waals surface area contributed by atoms with Crippen molar-refractivity contribution in [3.63, 3.8) is 0 Å². The van der Waals surface area contributed by atoms with Crippen LogP contribution in [0, 0.1) is 13.8 Å². The Morgan fingerprint density at radius 3 is 2.23 bits per heavy atom. The average molecular weight is 412 g/mol. The Kier molecular flexibility index (Phi) is 6.51. The molecule has 5 nitrogen and oxygen atoms in total. The SMILES string of the molecule is Cc1c(C(OC(C)(C)C)C(=O)O)n(C2CCCCC2)c(C)c(-c2ccccc2)c1=O. The first kappa shape index (κ1) is 22.3. The highest BCUT2D eigenvalue weighted by Gasteiger charge is 2.35. The third kappa shape index (κ3) is 4.51. The standard InChI is InChI=1S/C25H33NO4/c1-16-21(23(24(28)29)30-25(3,4)5)26(19-14-10-7-11-15-19)17(2)20(22(16)27)18-12-8-6-9-13-18/h6,8-9,12-13,19,23H,7,10-11,14-15H2,1-5H3,(H,28,29). The fourth-order valence-electron chi connectivity index (χ4n) is 4.60. The first-order valence-corrected chi connectivity index (χ1v) is 10.8. The molecule has 1 N–H and O–H groups in total. The fraction of sp³-hybridized carbons (Fsp3) is 0.520. The van der Waals surface area contributed by atoms with Gasteiger partial charge in [0.05, 0.1) is 11.3 Å². The van der Waals surface area contributed by atoms with Crippen LogP contribution in [0.5, 0.6) is 0 Å². The summed E-state index contributed by atoms with van der Waals surface area (Å²) in [6, 6.07) is 9.82. The van der Waals surface area contributed by atoms with Crippen molar-refractivity contribution in [1.29, 1.82) is 0 Å². The first-order chi connectivity index (χ1) is 14.1. The van der Waals surface area contributed by atoms with Crippen LogP contribution in [0.1, 0.15) is 82.0 Å². The molecule has 0 spiro atoms. The van der Waals surface area contributed by atoms with E-state index < -0.39 is 17.7 Å². The lowest BCUT2D eigenvalue weighted by atomic mass is 9.91. The number of hydrogen-bond acceptors (Lipinski definition) is 3. The Morgan fingerprint density at radius 1 is 1.10 bits per heavy atom. The van der Waals surface area contributed by atoms with Gasteiger partial charge < -0.3 is 14.4 Å². The summed E-state index contributed by atoms with van der Waals surface area (Å²) in [5.74, 6) is -1.07. The number of aliphatic carboxylic acids is 1. The zero-order chi connectivity index (χ0) is 22.1. The van der Waals surface area contributed by atoms with Crippen molar-refractivity contribution >= 4 is 5.97 Å². The molecule has 1 atom stereocenters. The normalized spacial score (nSPS) is 16.4. The third-order valence-electron chi connectivity index (χ3n) is 5.88. The van der Waals surface area contributed by atoms with Gasteiger partial charge in [-0.2, -0.15) is 0 Å². The van der Waals surface area contributed by atoms with E-state index >= 15 is 0 Å². The van der Waals surface area contributed by atoms with Crippen LogP contribution in [0.3, 0.4) is 0 Å². The van der Waals surface area contributed by atoms with Gasteiger partial charge in [0, 0.05) is 22.9 Å². The summed E-state index contributed by atoms with van der Waals surface area (Å²) in [5.41, 5.74) is 2.51. The van der Waals surface area contributed by atoms with Crippen LogP contribution in [0.25, 0.3) is 11.1 Å². The maximum Gasteiger partial charge on any atom is 0.339 e. The number of nitrogens with zero attached hydrogens (tertiary/aromatic N) is 1. The molecule has 0 radical (unpaired) electrons. The third-order valence-corrected chi connectivity index (χ3v) is 5.88. The van der Waals surface area contributed by atoms with Crippen LogP contribution < -0.4 is 5.43 Å². The smallest absolute Gasteiger partial charge is 0.339 e. The molecule has 1 aromatic carbocycles. The van der Waals surface area contributed by atoms with Gasteiger partial charge in [-0.15, -0.1) is 0 Å². The molecule has 5 heteroatoms. The highest BCUT2D eigenvalue weighted by Crippen LogP contribution is 2.37. The number of hydrogen-bond donors (Lipinski definition) is 1. The number of pyridine rings is 1. The molecule has 3 rings (SSSR count). The van der Waals surface area contributed by atoms with Gasteiger partial charge in [-0.3, -0.25) is 4.79 Å². The molecular weight excluding hydrogens is 378 g/mol. The van der Waals surface area contributed by atoms with Gasteiger partial charge in [0.15, 0.2) is 11.5 Å². The van der Waals surface area contributed by atoms with E-state index in [1.165, 1.54) is 6.42 Å². The van der Waals surface area contributed by atoms with E-state index in [4.69, 9.17) is 4.74 Å². The van der Waals surface area contributed by atoms with Crippen LogP contribution >= 0.6 is 0 Å².